The van der Waals surface area contributed by atoms with Crippen molar-refractivity contribution in [3.05, 3.63) is 18.3 Å². The van der Waals surface area contributed by atoms with Crippen molar-refractivity contribution in [3.8, 4) is 0 Å². The predicted molar refractivity (Wildman–Crippen MR) is 70.8 cm³/mol. The van der Waals surface area contributed by atoms with E-state index in [1.165, 1.54) is 18.3 Å². The van der Waals surface area contributed by atoms with Crippen LogP contribution in [0.3, 0.4) is 0 Å². The Balaban J connectivity index is 2.21. The highest BCUT2D eigenvalue weighted by Gasteiger charge is 2.32. The third kappa shape index (κ3) is 3.41. The molecule has 1 aliphatic rings. The summed E-state index contributed by atoms with van der Waals surface area (Å²) in [5, 5.41) is 0. The molecule has 0 aliphatic carbocycles. The van der Waals surface area contributed by atoms with E-state index in [9.17, 15) is 8.42 Å². The van der Waals surface area contributed by atoms with Crippen molar-refractivity contribution >= 4 is 15.8 Å². The van der Waals surface area contributed by atoms with E-state index in [0.717, 1.165) is 0 Å². The van der Waals surface area contributed by atoms with E-state index in [-0.39, 0.29) is 4.90 Å². The molecule has 0 radical (unpaired) electrons. The first-order chi connectivity index (χ1) is 8.95. The van der Waals surface area contributed by atoms with Crippen LogP contribution in [-0.4, -0.2) is 32.2 Å². The minimum atomic E-state index is -3.59. The smallest absolute Gasteiger partial charge is 0.241 e. The van der Waals surface area contributed by atoms with Crippen LogP contribution in [-0.2, 0) is 14.8 Å². The zero-order valence-electron chi connectivity index (χ0n) is 10.7. The molecule has 0 amide bonds. The third-order valence-corrected chi connectivity index (χ3v) is 4.80. The Morgan fingerprint density at radius 2 is 2.11 bits per heavy atom. The fraction of sp³-hybridized carbons (Fsp3) is 0.545. The van der Waals surface area contributed by atoms with E-state index in [1.54, 1.807) is 0 Å². The van der Waals surface area contributed by atoms with E-state index in [4.69, 9.17) is 10.6 Å². The van der Waals surface area contributed by atoms with Gasteiger partial charge in [0.25, 0.3) is 0 Å². The number of pyridine rings is 1. The summed E-state index contributed by atoms with van der Waals surface area (Å²) in [5.41, 5.74) is 1.85. The van der Waals surface area contributed by atoms with Gasteiger partial charge in [-0.05, 0) is 25.8 Å². The molecular formula is C11H18N4O3S. The first kappa shape index (κ1) is 14.2. The topological polar surface area (TPSA) is 106 Å². The van der Waals surface area contributed by atoms with E-state index in [1.807, 2.05) is 6.92 Å². The molecule has 7 nitrogen and oxygen atoms in total. The zero-order valence-corrected chi connectivity index (χ0v) is 11.5. The van der Waals surface area contributed by atoms with E-state index >= 15 is 0 Å². The predicted octanol–water partition coefficient (Wildman–Crippen LogP) is 0.215. The number of anilines is 1. The quantitative estimate of drug-likeness (QED) is 0.540. The fourth-order valence-corrected chi connectivity index (χ4v) is 3.44. The molecule has 1 fully saturated rings. The molecule has 1 aliphatic heterocycles. The van der Waals surface area contributed by atoms with Crippen LogP contribution < -0.4 is 16.0 Å². The van der Waals surface area contributed by atoms with Crippen molar-refractivity contribution in [2.24, 2.45) is 5.84 Å². The molecule has 2 rings (SSSR count). The summed E-state index contributed by atoms with van der Waals surface area (Å²) in [6.07, 6.45) is 2.70. The minimum Gasteiger partial charge on any atom is -0.381 e. The van der Waals surface area contributed by atoms with Gasteiger partial charge in [0.2, 0.25) is 10.0 Å². The Hall–Kier alpha value is -1.22. The van der Waals surface area contributed by atoms with Crippen molar-refractivity contribution in [3.63, 3.8) is 0 Å². The lowest BCUT2D eigenvalue weighted by Gasteiger charge is -2.33. The maximum atomic E-state index is 12.3. The normalized spacial score (nSPS) is 19.1. The molecule has 1 saturated heterocycles. The van der Waals surface area contributed by atoms with Crippen molar-refractivity contribution < 1.29 is 13.2 Å². The largest absolute Gasteiger partial charge is 0.381 e. The minimum absolute atomic E-state index is 0.142. The Kier molecular flexibility index (Phi) is 4.04. The molecule has 0 aromatic carbocycles. The number of nitrogens with one attached hydrogen (secondary N) is 2. The summed E-state index contributed by atoms with van der Waals surface area (Å²) in [4.78, 5) is 4.03. The van der Waals surface area contributed by atoms with Gasteiger partial charge in [0.15, 0.2) is 0 Å². The summed E-state index contributed by atoms with van der Waals surface area (Å²) in [7, 11) is -3.59. The lowest BCUT2D eigenvalue weighted by Crippen LogP contribution is -2.49. The molecule has 0 unspecified atom stereocenters. The van der Waals surface area contributed by atoms with Crippen LogP contribution in [0.4, 0.5) is 5.82 Å². The summed E-state index contributed by atoms with van der Waals surface area (Å²) in [5.74, 6) is 5.53. The van der Waals surface area contributed by atoms with Crippen LogP contribution in [0.5, 0.6) is 0 Å². The maximum Gasteiger partial charge on any atom is 0.241 e. The van der Waals surface area contributed by atoms with Crippen molar-refractivity contribution in [2.45, 2.75) is 30.2 Å². The SMILES string of the molecule is CC1(NS(=O)(=O)c2ccnc(NN)c2)CCOCC1. The number of nitrogens with two attached hydrogens (primary N) is 1. The second-order valence-electron chi connectivity index (χ2n) is 4.80. The fourth-order valence-electron chi connectivity index (χ4n) is 1.96. The van der Waals surface area contributed by atoms with Gasteiger partial charge < -0.3 is 10.2 Å². The van der Waals surface area contributed by atoms with Crippen LogP contribution in [0.2, 0.25) is 0 Å². The first-order valence-corrected chi connectivity index (χ1v) is 7.48. The highest BCUT2D eigenvalue weighted by Crippen LogP contribution is 2.23. The molecule has 106 valence electrons. The monoisotopic (exact) mass is 286 g/mol. The second-order valence-corrected chi connectivity index (χ2v) is 6.48. The molecular weight excluding hydrogens is 268 g/mol. The summed E-state index contributed by atoms with van der Waals surface area (Å²) < 4.78 is 32.6. The number of ether oxygens (including phenoxy) is 1. The molecule has 1 aromatic rings. The Bertz CT molecular complexity index is 541. The Labute approximate surface area is 112 Å². The maximum absolute atomic E-state index is 12.3. The molecule has 4 N–H and O–H groups in total. The molecule has 1 aromatic heterocycles. The van der Waals surface area contributed by atoms with Gasteiger partial charge in [0.1, 0.15) is 5.82 Å². The lowest BCUT2D eigenvalue weighted by atomic mass is 9.94. The number of nitrogen functional groups attached to an aromatic ring is 1. The number of sulfonamides is 1. The van der Waals surface area contributed by atoms with Crippen molar-refractivity contribution in [1.29, 1.82) is 0 Å². The third-order valence-electron chi connectivity index (χ3n) is 3.17. The van der Waals surface area contributed by atoms with Crippen LogP contribution in [0, 0.1) is 0 Å². The average Bonchev–Trinajstić information content (AvgIpc) is 2.38. The standard InChI is InChI=1S/C11H18N4O3S/c1-11(3-6-18-7-4-11)15-19(16,17)9-2-5-13-10(8-9)14-12/h2,5,8,15H,3-4,6-7,12H2,1H3,(H,13,14). The number of aromatic nitrogens is 1. The molecule has 8 heteroatoms. The zero-order chi connectivity index (χ0) is 13.9. The molecule has 19 heavy (non-hydrogen) atoms. The number of hydrogen-bond donors (Lipinski definition) is 3. The average molecular weight is 286 g/mol. The first-order valence-electron chi connectivity index (χ1n) is 6.00. The van der Waals surface area contributed by atoms with Gasteiger partial charge in [-0.25, -0.2) is 24.0 Å². The Morgan fingerprint density at radius 1 is 1.42 bits per heavy atom. The number of nitrogens with zero attached hydrogens (tertiary/aromatic N) is 1. The van der Waals surface area contributed by atoms with Gasteiger partial charge in [-0.15, -0.1) is 0 Å². The Morgan fingerprint density at radius 3 is 2.74 bits per heavy atom. The second kappa shape index (κ2) is 5.41. The highest BCUT2D eigenvalue weighted by atomic mass is 32.2. The summed E-state index contributed by atoms with van der Waals surface area (Å²) in [6, 6.07) is 2.83. The highest BCUT2D eigenvalue weighted by molar-refractivity contribution is 7.89. The van der Waals surface area contributed by atoms with Crippen LogP contribution >= 0.6 is 0 Å². The molecule has 0 spiro atoms. The van der Waals surface area contributed by atoms with Crippen LogP contribution in [0.25, 0.3) is 0 Å². The van der Waals surface area contributed by atoms with Gasteiger partial charge in [0.05, 0.1) is 4.90 Å². The summed E-state index contributed by atoms with van der Waals surface area (Å²) in [6.45, 7) is 3.01. The number of hydrazine groups is 1. The molecule has 2 heterocycles. The van der Waals surface area contributed by atoms with Gasteiger partial charge in [-0.1, -0.05) is 0 Å². The van der Waals surface area contributed by atoms with Crippen molar-refractivity contribution in [1.82, 2.24) is 9.71 Å². The van der Waals surface area contributed by atoms with Gasteiger partial charge in [0, 0.05) is 31.0 Å². The van der Waals surface area contributed by atoms with E-state index in [0.29, 0.717) is 31.9 Å². The lowest BCUT2D eigenvalue weighted by molar-refractivity contribution is 0.0537. The van der Waals surface area contributed by atoms with Crippen molar-refractivity contribution in [2.75, 3.05) is 18.6 Å². The van der Waals surface area contributed by atoms with E-state index in [2.05, 4.69) is 15.1 Å². The van der Waals surface area contributed by atoms with Gasteiger partial charge in [-0.2, -0.15) is 0 Å². The van der Waals surface area contributed by atoms with Crippen LogP contribution in [0.1, 0.15) is 19.8 Å². The number of rotatable bonds is 4. The molecule has 0 bridgehead atoms. The molecule has 0 atom stereocenters. The van der Waals surface area contributed by atoms with Gasteiger partial charge in [-0.3, -0.25) is 0 Å². The van der Waals surface area contributed by atoms with Crippen LogP contribution in [0.15, 0.2) is 23.2 Å². The number of hydrogen-bond acceptors (Lipinski definition) is 6. The van der Waals surface area contributed by atoms with E-state index < -0.39 is 15.6 Å². The van der Waals surface area contributed by atoms with Gasteiger partial charge >= 0.3 is 0 Å². The molecule has 0 saturated carbocycles. The summed E-state index contributed by atoms with van der Waals surface area (Å²) >= 11 is 0.